The zero-order valence-corrected chi connectivity index (χ0v) is 12.5. The average molecular weight is 302 g/mol. The maximum absolute atomic E-state index is 12.3. The van der Waals surface area contributed by atoms with Gasteiger partial charge in [0.25, 0.3) is 0 Å². The van der Waals surface area contributed by atoms with E-state index in [0.29, 0.717) is 25.3 Å². The monoisotopic (exact) mass is 302 g/mol. The quantitative estimate of drug-likeness (QED) is 0.796. The lowest BCUT2D eigenvalue weighted by molar-refractivity contribution is -0.139. The third kappa shape index (κ3) is 3.58. The minimum Gasteiger partial charge on any atom is -0.480 e. The fraction of sp³-hybridized carbons (Fsp3) is 0.846. The molecule has 1 aliphatic heterocycles. The molecule has 1 saturated carbocycles. The number of fused-ring (bicyclic) bond motifs is 1. The second kappa shape index (κ2) is 7.17. The van der Waals surface area contributed by atoms with Crippen LogP contribution < -0.4 is 5.32 Å². The Labute approximate surface area is 123 Å². The van der Waals surface area contributed by atoms with Crippen LogP contribution >= 0.6 is 11.8 Å². The third-order valence-electron chi connectivity index (χ3n) is 3.95. The standard InChI is InChI=1S/C13H22N2O4S/c1-20-8-5-9(12(16)17)14-13(18)15-6-7-19-11-4-2-3-10(11)15/h9-11H,2-8H2,1H3,(H,14,18)(H,16,17)/t9-,10?,11?/m0/s1. The molecular weight excluding hydrogens is 280 g/mol. The summed E-state index contributed by atoms with van der Waals surface area (Å²) in [6.45, 7) is 1.08. The first-order chi connectivity index (χ1) is 9.63. The van der Waals surface area contributed by atoms with Gasteiger partial charge in [0, 0.05) is 6.54 Å². The second-order valence-electron chi connectivity index (χ2n) is 5.22. The Morgan fingerprint density at radius 3 is 3.00 bits per heavy atom. The number of hydrogen-bond donors (Lipinski definition) is 2. The van der Waals surface area contributed by atoms with E-state index in [-0.39, 0.29) is 18.2 Å². The fourth-order valence-corrected chi connectivity index (χ4v) is 3.37. The topological polar surface area (TPSA) is 78.9 Å². The number of nitrogens with zero attached hydrogens (tertiary/aromatic N) is 1. The number of morpholine rings is 1. The molecule has 6 nitrogen and oxygen atoms in total. The van der Waals surface area contributed by atoms with Gasteiger partial charge < -0.3 is 20.1 Å². The highest BCUT2D eigenvalue weighted by Crippen LogP contribution is 2.29. The highest BCUT2D eigenvalue weighted by Gasteiger charge is 2.39. The number of carbonyl (C=O) groups excluding carboxylic acids is 1. The van der Waals surface area contributed by atoms with Crippen molar-refractivity contribution in [3.63, 3.8) is 0 Å². The zero-order valence-electron chi connectivity index (χ0n) is 11.7. The van der Waals surface area contributed by atoms with Gasteiger partial charge in [0.1, 0.15) is 6.04 Å². The third-order valence-corrected chi connectivity index (χ3v) is 4.59. The Hall–Kier alpha value is -0.950. The average Bonchev–Trinajstić information content (AvgIpc) is 2.90. The van der Waals surface area contributed by atoms with Crippen molar-refractivity contribution >= 4 is 23.8 Å². The smallest absolute Gasteiger partial charge is 0.326 e. The number of ether oxygens (including phenoxy) is 1. The Morgan fingerprint density at radius 2 is 2.30 bits per heavy atom. The van der Waals surface area contributed by atoms with Crippen LogP contribution in [-0.2, 0) is 9.53 Å². The lowest BCUT2D eigenvalue weighted by Gasteiger charge is -2.38. The Bertz CT molecular complexity index is 366. The second-order valence-corrected chi connectivity index (χ2v) is 6.21. The molecule has 2 N–H and O–H groups in total. The van der Waals surface area contributed by atoms with E-state index in [4.69, 9.17) is 9.84 Å². The number of carboxylic acid groups (broad SMARTS) is 1. The zero-order chi connectivity index (χ0) is 14.5. The molecule has 0 aromatic rings. The van der Waals surface area contributed by atoms with Crippen molar-refractivity contribution in [3.8, 4) is 0 Å². The number of aliphatic carboxylic acids is 1. The Balaban J connectivity index is 1.93. The number of thioether (sulfide) groups is 1. The van der Waals surface area contributed by atoms with Crippen LogP contribution in [0.3, 0.4) is 0 Å². The number of amides is 2. The minimum absolute atomic E-state index is 0.110. The van der Waals surface area contributed by atoms with Gasteiger partial charge in [0.05, 0.1) is 18.8 Å². The number of carboxylic acids is 1. The van der Waals surface area contributed by atoms with E-state index in [2.05, 4.69) is 5.32 Å². The molecule has 0 aromatic carbocycles. The van der Waals surface area contributed by atoms with E-state index in [1.165, 1.54) is 0 Å². The van der Waals surface area contributed by atoms with Gasteiger partial charge in [-0.1, -0.05) is 0 Å². The molecule has 0 radical (unpaired) electrons. The Kier molecular flexibility index (Phi) is 5.54. The molecule has 0 bridgehead atoms. The first-order valence-electron chi connectivity index (χ1n) is 7.04. The van der Waals surface area contributed by atoms with Crippen molar-refractivity contribution in [1.29, 1.82) is 0 Å². The van der Waals surface area contributed by atoms with Crippen LogP contribution in [0.5, 0.6) is 0 Å². The molecule has 2 rings (SSSR count). The number of nitrogens with one attached hydrogen (secondary N) is 1. The van der Waals surface area contributed by atoms with Crippen LogP contribution in [0.25, 0.3) is 0 Å². The molecule has 114 valence electrons. The number of rotatable bonds is 5. The molecule has 2 amide bonds. The van der Waals surface area contributed by atoms with Crippen LogP contribution in [0.2, 0.25) is 0 Å². The van der Waals surface area contributed by atoms with Crippen LogP contribution in [0.4, 0.5) is 4.79 Å². The van der Waals surface area contributed by atoms with Crippen molar-refractivity contribution in [3.05, 3.63) is 0 Å². The van der Waals surface area contributed by atoms with Gasteiger partial charge in [-0.05, 0) is 37.7 Å². The van der Waals surface area contributed by atoms with E-state index in [0.717, 1.165) is 19.3 Å². The molecule has 2 aliphatic rings. The fourth-order valence-electron chi connectivity index (χ4n) is 2.90. The normalized spacial score (nSPS) is 26.9. The van der Waals surface area contributed by atoms with Gasteiger partial charge in [-0.2, -0.15) is 11.8 Å². The van der Waals surface area contributed by atoms with Gasteiger partial charge in [-0.25, -0.2) is 9.59 Å². The molecular formula is C13H22N2O4S. The summed E-state index contributed by atoms with van der Waals surface area (Å²) in [5, 5.41) is 11.8. The predicted molar refractivity (Wildman–Crippen MR) is 77.0 cm³/mol. The molecule has 20 heavy (non-hydrogen) atoms. The van der Waals surface area contributed by atoms with E-state index in [1.807, 2.05) is 6.26 Å². The molecule has 3 atom stereocenters. The number of carbonyl (C=O) groups is 2. The van der Waals surface area contributed by atoms with Gasteiger partial charge >= 0.3 is 12.0 Å². The van der Waals surface area contributed by atoms with Gasteiger partial charge in [0.15, 0.2) is 0 Å². The molecule has 0 spiro atoms. The first kappa shape index (κ1) is 15.4. The SMILES string of the molecule is CSCC[C@H](NC(=O)N1CCOC2CCCC21)C(=O)O. The van der Waals surface area contributed by atoms with Gasteiger partial charge in [0.2, 0.25) is 0 Å². The summed E-state index contributed by atoms with van der Waals surface area (Å²) >= 11 is 1.58. The molecule has 0 aromatic heterocycles. The molecule has 1 heterocycles. The highest BCUT2D eigenvalue weighted by molar-refractivity contribution is 7.98. The van der Waals surface area contributed by atoms with Crippen molar-refractivity contribution in [2.24, 2.45) is 0 Å². The van der Waals surface area contributed by atoms with Gasteiger partial charge in [-0.3, -0.25) is 0 Å². The summed E-state index contributed by atoms with van der Waals surface area (Å²) in [7, 11) is 0. The van der Waals surface area contributed by atoms with Gasteiger partial charge in [-0.15, -0.1) is 0 Å². The lowest BCUT2D eigenvalue weighted by Crippen LogP contribution is -2.57. The summed E-state index contributed by atoms with van der Waals surface area (Å²) in [5.74, 6) is -0.254. The summed E-state index contributed by atoms with van der Waals surface area (Å²) in [6, 6.07) is -0.963. The first-order valence-corrected chi connectivity index (χ1v) is 8.43. The summed E-state index contributed by atoms with van der Waals surface area (Å²) in [5.41, 5.74) is 0. The highest BCUT2D eigenvalue weighted by atomic mass is 32.2. The van der Waals surface area contributed by atoms with Crippen LogP contribution in [0, 0.1) is 0 Å². The largest absolute Gasteiger partial charge is 0.480 e. The summed E-state index contributed by atoms with van der Waals surface area (Å²) in [4.78, 5) is 25.3. The van der Waals surface area contributed by atoms with E-state index in [1.54, 1.807) is 16.7 Å². The van der Waals surface area contributed by atoms with E-state index in [9.17, 15) is 9.59 Å². The lowest BCUT2D eigenvalue weighted by atomic mass is 10.1. The maximum atomic E-state index is 12.3. The van der Waals surface area contributed by atoms with Crippen molar-refractivity contribution in [2.45, 2.75) is 43.9 Å². The Morgan fingerprint density at radius 1 is 1.50 bits per heavy atom. The summed E-state index contributed by atoms with van der Waals surface area (Å²) in [6.07, 6.45) is 5.49. The van der Waals surface area contributed by atoms with Crippen LogP contribution in [0.15, 0.2) is 0 Å². The maximum Gasteiger partial charge on any atom is 0.326 e. The number of hydrogen-bond acceptors (Lipinski definition) is 4. The minimum atomic E-state index is -0.969. The van der Waals surface area contributed by atoms with Crippen molar-refractivity contribution in [1.82, 2.24) is 10.2 Å². The van der Waals surface area contributed by atoms with Crippen LogP contribution in [0.1, 0.15) is 25.7 Å². The van der Waals surface area contributed by atoms with Crippen molar-refractivity contribution < 1.29 is 19.4 Å². The molecule has 7 heteroatoms. The molecule has 1 saturated heterocycles. The predicted octanol–water partition coefficient (Wildman–Crippen LogP) is 1.16. The van der Waals surface area contributed by atoms with E-state index < -0.39 is 12.0 Å². The molecule has 2 fully saturated rings. The summed E-state index contributed by atoms with van der Waals surface area (Å²) < 4.78 is 5.66. The number of urea groups is 1. The van der Waals surface area contributed by atoms with E-state index >= 15 is 0 Å². The van der Waals surface area contributed by atoms with Crippen molar-refractivity contribution in [2.75, 3.05) is 25.2 Å². The van der Waals surface area contributed by atoms with Crippen LogP contribution in [-0.4, -0.2) is 65.4 Å². The molecule has 2 unspecified atom stereocenters. The molecule has 1 aliphatic carbocycles.